The second-order valence-electron chi connectivity index (χ2n) is 5.49. The van der Waals surface area contributed by atoms with Crippen LogP contribution in [-0.4, -0.2) is 28.8 Å². The molecule has 0 fully saturated rings. The maximum atomic E-state index is 5.36. The van der Waals surface area contributed by atoms with Crippen molar-refractivity contribution in [2.75, 3.05) is 24.3 Å². The molecular weight excluding hydrogens is 314 g/mol. The first-order chi connectivity index (χ1) is 12.3. The normalized spacial score (nSPS) is 10.3. The first-order valence-electron chi connectivity index (χ1n) is 8.18. The second kappa shape index (κ2) is 8.63. The number of methoxy groups -OCH3 is 1. The van der Waals surface area contributed by atoms with Gasteiger partial charge in [-0.3, -0.25) is 0 Å². The van der Waals surface area contributed by atoms with Crippen LogP contribution in [0.2, 0.25) is 0 Å². The highest BCUT2D eigenvalue weighted by Crippen LogP contribution is 2.17. The van der Waals surface area contributed by atoms with Crippen molar-refractivity contribution >= 4 is 11.8 Å². The molecule has 25 heavy (non-hydrogen) atoms. The lowest BCUT2D eigenvalue weighted by molar-refractivity contribution is 0.410. The number of rotatable bonds is 8. The zero-order chi connectivity index (χ0) is 17.3. The first kappa shape index (κ1) is 16.7. The lowest BCUT2D eigenvalue weighted by Gasteiger charge is -2.09. The van der Waals surface area contributed by atoms with Crippen molar-refractivity contribution in [1.29, 1.82) is 0 Å². The topological polar surface area (TPSA) is 72.0 Å². The van der Waals surface area contributed by atoms with E-state index >= 15 is 0 Å². The van der Waals surface area contributed by atoms with Crippen molar-refractivity contribution in [3.8, 4) is 5.75 Å². The Bertz CT molecular complexity index is 795. The summed E-state index contributed by atoms with van der Waals surface area (Å²) in [7, 11) is 1.68. The van der Waals surface area contributed by atoms with E-state index in [1.165, 1.54) is 5.56 Å². The van der Waals surface area contributed by atoms with E-state index in [0.29, 0.717) is 24.9 Å². The zero-order valence-electron chi connectivity index (χ0n) is 14.1. The number of para-hydroxylation sites is 1. The average Bonchev–Trinajstić information content (AvgIpc) is 2.68. The van der Waals surface area contributed by atoms with Crippen molar-refractivity contribution in [2.45, 2.75) is 13.0 Å². The van der Waals surface area contributed by atoms with Crippen LogP contribution in [-0.2, 0) is 13.0 Å². The Morgan fingerprint density at radius 2 is 1.76 bits per heavy atom. The van der Waals surface area contributed by atoms with Gasteiger partial charge in [0, 0.05) is 13.1 Å². The molecule has 3 rings (SSSR count). The van der Waals surface area contributed by atoms with Gasteiger partial charge in [0.25, 0.3) is 0 Å². The minimum absolute atomic E-state index is 0.507. The third-order valence-corrected chi connectivity index (χ3v) is 3.75. The SMILES string of the molecule is COc1ccccc1CCNc1nncc(NCc2ccccc2)n1. The number of aromatic nitrogens is 3. The van der Waals surface area contributed by atoms with Gasteiger partial charge < -0.3 is 15.4 Å². The number of hydrogen-bond donors (Lipinski definition) is 2. The van der Waals surface area contributed by atoms with E-state index in [9.17, 15) is 0 Å². The molecule has 2 N–H and O–H groups in total. The van der Waals surface area contributed by atoms with Gasteiger partial charge >= 0.3 is 0 Å². The van der Waals surface area contributed by atoms with Crippen LogP contribution in [0.1, 0.15) is 11.1 Å². The molecule has 0 saturated carbocycles. The molecule has 0 radical (unpaired) electrons. The van der Waals surface area contributed by atoms with Gasteiger partial charge in [0.05, 0.1) is 13.3 Å². The van der Waals surface area contributed by atoms with E-state index in [2.05, 4.69) is 44.0 Å². The van der Waals surface area contributed by atoms with Crippen LogP contribution in [0.25, 0.3) is 0 Å². The van der Waals surface area contributed by atoms with Crippen LogP contribution in [0.3, 0.4) is 0 Å². The summed E-state index contributed by atoms with van der Waals surface area (Å²) in [6, 6.07) is 18.1. The molecule has 0 amide bonds. The maximum absolute atomic E-state index is 5.36. The third kappa shape index (κ3) is 4.91. The molecule has 128 valence electrons. The van der Waals surface area contributed by atoms with E-state index in [4.69, 9.17) is 4.74 Å². The summed E-state index contributed by atoms with van der Waals surface area (Å²) in [5, 5.41) is 14.5. The van der Waals surface area contributed by atoms with E-state index in [0.717, 1.165) is 17.7 Å². The Morgan fingerprint density at radius 3 is 2.60 bits per heavy atom. The van der Waals surface area contributed by atoms with Gasteiger partial charge in [0.1, 0.15) is 5.75 Å². The van der Waals surface area contributed by atoms with E-state index in [1.54, 1.807) is 13.3 Å². The number of nitrogens with zero attached hydrogens (tertiary/aromatic N) is 3. The number of anilines is 2. The van der Waals surface area contributed by atoms with Gasteiger partial charge in [-0.15, -0.1) is 5.10 Å². The molecular formula is C19H21N5O. The molecule has 6 nitrogen and oxygen atoms in total. The van der Waals surface area contributed by atoms with E-state index < -0.39 is 0 Å². The van der Waals surface area contributed by atoms with Crippen molar-refractivity contribution in [3.05, 3.63) is 71.9 Å². The Hall–Kier alpha value is -3.15. The number of ether oxygens (including phenoxy) is 1. The fourth-order valence-electron chi connectivity index (χ4n) is 2.47. The van der Waals surface area contributed by atoms with E-state index in [1.807, 2.05) is 36.4 Å². The fourth-order valence-corrected chi connectivity index (χ4v) is 2.47. The Kier molecular flexibility index (Phi) is 5.77. The monoisotopic (exact) mass is 335 g/mol. The Labute approximate surface area is 147 Å². The van der Waals surface area contributed by atoms with Crippen molar-refractivity contribution in [1.82, 2.24) is 15.2 Å². The molecule has 0 atom stereocenters. The summed E-state index contributed by atoms with van der Waals surface area (Å²) in [6.07, 6.45) is 2.43. The predicted octanol–water partition coefficient (Wildman–Crippen LogP) is 3.15. The predicted molar refractivity (Wildman–Crippen MR) is 98.8 cm³/mol. The first-order valence-corrected chi connectivity index (χ1v) is 8.18. The highest BCUT2D eigenvalue weighted by molar-refractivity contribution is 5.39. The van der Waals surface area contributed by atoms with Crippen molar-refractivity contribution in [2.24, 2.45) is 0 Å². The largest absolute Gasteiger partial charge is 0.496 e. The smallest absolute Gasteiger partial charge is 0.244 e. The van der Waals surface area contributed by atoms with Gasteiger partial charge in [-0.25, -0.2) is 0 Å². The van der Waals surface area contributed by atoms with Crippen LogP contribution in [0.4, 0.5) is 11.8 Å². The summed E-state index contributed by atoms with van der Waals surface area (Å²) in [6.45, 7) is 1.39. The van der Waals surface area contributed by atoms with Crippen LogP contribution in [0.15, 0.2) is 60.8 Å². The lowest BCUT2D eigenvalue weighted by atomic mass is 10.1. The molecule has 0 aliphatic carbocycles. The van der Waals surface area contributed by atoms with Crippen LogP contribution in [0, 0.1) is 0 Å². The third-order valence-electron chi connectivity index (χ3n) is 3.75. The summed E-state index contributed by atoms with van der Waals surface area (Å²) in [4.78, 5) is 4.43. The Morgan fingerprint density at radius 1 is 0.960 bits per heavy atom. The molecule has 0 aliphatic rings. The van der Waals surface area contributed by atoms with Crippen LogP contribution >= 0.6 is 0 Å². The molecule has 0 unspecified atom stereocenters. The molecule has 3 aromatic rings. The minimum atomic E-state index is 0.507. The summed E-state index contributed by atoms with van der Waals surface area (Å²) >= 11 is 0. The van der Waals surface area contributed by atoms with Crippen LogP contribution in [0.5, 0.6) is 5.75 Å². The van der Waals surface area contributed by atoms with Gasteiger partial charge in [-0.1, -0.05) is 48.5 Å². The van der Waals surface area contributed by atoms with Crippen LogP contribution < -0.4 is 15.4 Å². The van der Waals surface area contributed by atoms with Gasteiger partial charge in [0.15, 0.2) is 5.82 Å². The molecule has 0 aliphatic heterocycles. The quantitative estimate of drug-likeness (QED) is 0.659. The Balaban J connectivity index is 1.53. The minimum Gasteiger partial charge on any atom is -0.496 e. The molecule has 1 aromatic heterocycles. The average molecular weight is 335 g/mol. The fraction of sp³-hybridized carbons (Fsp3) is 0.211. The number of nitrogens with one attached hydrogen (secondary N) is 2. The van der Waals surface area contributed by atoms with Gasteiger partial charge in [-0.05, 0) is 23.6 Å². The summed E-state index contributed by atoms with van der Waals surface area (Å²) in [5.74, 6) is 2.09. The van der Waals surface area contributed by atoms with E-state index in [-0.39, 0.29) is 0 Å². The summed E-state index contributed by atoms with van der Waals surface area (Å²) in [5.41, 5.74) is 2.33. The maximum Gasteiger partial charge on any atom is 0.244 e. The molecule has 0 saturated heterocycles. The number of benzene rings is 2. The molecule has 6 heteroatoms. The van der Waals surface area contributed by atoms with Crippen molar-refractivity contribution in [3.63, 3.8) is 0 Å². The highest BCUT2D eigenvalue weighted by Gasteiger charge is 2.03. The van der Waals surface area contributed by atoms with Crippen molar-refractivity contribution < 1.29 is 4.74 Å². The number of hydrogen-bond acceptors (Lipinski definition) is 6. The molecule has 0 spiro atoms. The zero-order valence-corrected chi connectivity index (χ0v) is 14.1. The second-order valence-corrected chi connectivity index (χ2v) is 5.49. The standard InChI is InChI=1S/C19H21N5O/c1-25-17-10-6-5-9-16(17)11-12-20-19-23-18(14-22-24-19)21-13-15-7-3-2-4-8-15/h2-10,14H,11-13H2,1H3,(H2,20,21,23,24). The highest BCUT2D eigenvalue weighted by atomic mass is 16.5. The molecule has 0 bridgehead atoms. The molecule has 1 heterocycles. The molecule has 2 aromatic carbocycles. The van der Waals surface area contributed by atoms with Gasteiger partial charge in [-0.2, -0.15) is 10.1 Å². The summed E-state index contributed by atoms with van der Waals surface area (Å²) < 4.78 is 5.36. The van der Waals surface area contributed by atoms with Gasteiger partial charge in [0.2, 0.25) is 5.95 Å². The lowest BCUT2D eigenvalue weighted by Crippen LogP contribution is -2.11.